The minimum absolute atomic E-state index is 0.0553. The van der Waals surface area contributed by atoms with Crippen molar-refractivity contribution in [2.75, 3.05) is 13.7 Å². The van der Waals surface area contributed by atoms with Crippen LogP contribution in [-0.4, -0.2) is 24.6 Å². The Labute approximate surface area is 136 Å². The van der Waals surface area contributed by atoms with Gasteiger partial charge in [-0.25, -0.2) is 0 Å². The van der Waals surface area contributed by atoms with Gasteiger partial charge < -0.3 is 14.6 Å². The van der Waals surface area contributed by atoms with Gasteiger partial charge in [0.15, 0.2) is 17.3 Å². The van der Waals surface area contributed by atoms with Gasteiger partial charge in [-0.15, -0.1) is 0 Å². The molecule has 1 N–H and O–H groups in total. The number of unbranched alkanes of at least 4 members (excludes halogenated alkanes) is 1. The van der Waals surface area contributed by atoms with E-state index < -0.39 is 0 Å². The van der Waals surface area contributed by atoms with Crippen molar-refractivity contribution in [1.29, 1.82) is 0 Å². The van der Waals surface area contributed by atoms with Gasteiger partial charge in [0.1, 0.15) is 0 Å². The molecule has 0 aliphatic rings. The number of para-hydroxylation sites is 1. The van der Waals surface area contributed by atoms with E-state index in [1.165, 1.54) is 7.11 Å². The number of phenolic OH excluding ortho intramolecular Hbond substituents is 1. The van der Waals surface area contributed by atoms with Crippen LogP contribution in [0.1, 0.15) is 35.2 Å². The summed E-state index contributed by atoms with van der Waals surface area (Å²) in [4.78, 5) is 12.1. The molecule has 4 heteroatoms. The average molecular weight is 314 g/mol. The van der Waals surface area contributed by atoms with Gasteiger partial charge in [-0.05, 0) is 37.5 Å². The van der Waals surface area contributed by atoms with Crippen molar-refractivity contribution in [3.8, 4) is 17.2 Å². The average Bonchev–Trinajstić information content (AvgIpc) is 2.55. The zero-order valence-corrected chi connectivity index (χ0v) is 13.5. The summed E-state index contributed by atoms with van der Waals surface area (Å²) in [6, 6.07) is 12.6. The number of Topliss-reactive ketones (excluding diaryl/α,β-unsaturated/α-hetero) is 1. The van der Waals surface area contributed by atoms with Crippen LogP contribution in [0.5, 0.6) is 17.2 Å². The van der Waals surface area contributed by atoms with Gasteiger partial charge in [0, 0.05) is 12.0 Å². The first-order valence-corrected chi connectivity index (χ1v) is 7.71. The van der Waals surface area contributed by atoms with E-state index in [9.17, 15) is 9.90 Å². The number of hydrogen-bond acceptors (Lipinski definition) is 4. The van der Waals surface area contributed by atoms with Crippen LogP contribution >= 0.6 is 0 Å². The van der Waals surface area contributed by atoms with E-state index >= 15 is 0 Å². The highest BCUT2D eigenvalue weighted by molar-refractivity contribution is 5.97. The van der Waals surface area contributed by atoms with Crippen LogP contribution in [0.3, 0.4) is 0 Å². The number of carbonyl (C=O) groups is 1. The number of phenols is 1. The summed E-state index contributed by atoms with van der Waals surface area (Å²) in [7, 11) is 1.49. The van der Waals surface area contributed by atoms with Crippen LogP contribution in [-0.2, 0) is 0 Å². The first-order valence-electron chi connectivity index (χ1n) is 7.71. The Morgan fingerprint density at radius 1 is 1.09 bits per heavy atom. The number of carbonyl (C=O) groups excluding carboxylic acids is 1. The lowest BCUT2D eigenvalue weighted by Crippen LogP contribution is -2.04. The van der Waals surface area contributed by atoms with Crippen molar-refractivity contribution >= 4 is 5.78 Å². The maximum Gasteiger partial charge on any atom is 0.203 e. The predicted octanol–water partition coefficient (Wildman–Crippen LogP) is 4.14. The molecule has 0 bridgehead atoms. The van der Waals surface area contributed by atoms with E-state index in [1.807, 2.05) is 31.2 Å². The van der Waals surface area contributed by atoms with E-state index in [0.29, 0.717) is 24.5 Å². The summed E-state index contributed by atoms with van der Waals surface area (Å²) in [5, 5.41) is 9.67. The van der Waals surface area contributed by atoms with Gasteiger partial charge in [-0.1, -0.05) is 30.3 Å². The molecule has 0 heterocycles. The van der Waals surface area contributed by atoms with E-state index in [0.717, 1.165) is 24.0 Å². The predicted molar refractivity (Wildman–Crippen MR) is 89.5 cm³/mol. The second kappa shape index (κ2) is 8.22. The van der Waals surface area contributed by atoms with Crippen molar-refractivity contribution in [2.24, 2.45) is 0 Å². The van der Waals surface area contributed by atoms with Gasteiger partial charge in [-0.2, -0.15) is 0 Å². The van der Waals surface area contributed by atoms with Gasteiger partial charge >= 0.3 is 0 Å². The number of aryl methyl sites for hydroxylation is 1. The van der Waals surface area contributed by atoms with E-state index in [2.05, 4.69) is 0 Å². The van der Waals surface area contributed by atoms with Crippen molar-refractivity contribution in [2.45, 2.75) is 26.2 Å². The summed E-state index contributed by atoms with van der Waals surface area (Å²) in [5.74, 6) is 1.07. The van der Waals surface area contributed by atoms with E-state index in [4.69, 9.17) is 9.47 Å². The number of ether oxygens (including phenoxy) is 2. The molecule has 0 aliphatic carbocycles. The monoisotopic (exact) mass is 314 g/mol. The SMILES string of the molecule is COc1c(O)cccc1OCCCCC(=O)c1ccccc1C. The van der Waals surface area contributed by atoms with Crippen LogP contribution in [0.25, 0.3) is 0 Å². The first-order chi connectivity index (χ1) is 11.1. The largest absolute Gasteiger partial charge is 0.504 e. The third kappa shape index (κ3) is 4.49. The summed E-state index contributed by atoms with van der Waals surface area (Å²) in [6.45, 7) is 2.42. The smallest absolute Gasteiger partial charge is 0.203 e. The molecule has 0 radical (unpaired) electrons. The molecule has 2 aromatic carbocycles. The molecule has 0 unspecified atom stereocenters. The number of rotatable bonds is 8. The maximum absolute atomic E-state index is 12.1. The van der Waals surface area contributed by atoms with Gasteiger partial charge in [0.2, 0.25) is 5.75 Å². The second-order valence-electron chi connectivity index (χ2n) is 5.35. The van der Waals surface area contributed by atoms with Crippen LogP contribution in [0.2, 0.25) is 0 Å². The molecule has 0 spiro atoms. The molecule has 0 saturated carbocycles. The molecule has 23 heavy (non-hydrogen) atoms. The number of ketones is 1. The van der Waals surface area contributed by atoms with Crippen LogP contribution < -0.4 is 9.47 Å². The lowest BCUT2D eigenvalue weighted by Gasteiger charge is -2.11. The third-order valence-corrected chi connectivity index (χ3v) is 3.66. The standard InChI is InChI=1S/C19H22O4/c1-14-8-3-4-9-15(14)16(20)10-5-6-13-23-18-12-7-11-17(21)19(18)22-2/h3-4,7-9,11-12,21H,5-6,10,13H2,1-2H3. The summed E-state index contributed by atoms with van der Waals surface area (Å²) < 4.78 is 10.7. The Morgan fingerprint density at radius 2 is 1.87 bits per heavy atom. The summed E-state index contributed by atoms with van der Waals surface area (Å²) in [6.07, 6.45) is 2.02. The number of aromatic hydroxyl groups is 1. The number of hydrogen-bond donors (Lipinski definition) is 1. The third-order valence-electron chi connectivity index (χ3n) is 3.66. The molecule has 0 fully saturated rings. The van der Waals surface area contributed by atoms with E-state index in [1.54, 1.807) is 18.2 Å². The van der Waals surface area contributed by atoms with Gasteiger partial charge in [0.05, 0.1) is 13.7 Å². The molecular formula is C19H22O4. The zero-order valence-electron chi connectivity index (χ0n) is 13.5. The molecule has 4 nitrogen and oxygen atoms in total. The highest BCUT2D eigenvalue weighted by Gasteiger charge is 2.10. The molecule has 2 rings (SSSR count). The minimum atomic E-state index is 0.0553. The van der Waals surface area contributed by atoms with Gasteiger partial charge in [-0.3, -0.25) is 4.79 Å². The molecular weight excluding hydrogens is 292 g/mol. The van der Waals surface area contributed by atoms with Gasteiger partial charge in [0.25, 0.3) is 0 Å². The Hall–Kier alpha value is -2.49. The van der Waals surface area contributed by atoms with Crippen LogP contribution in [0.4, 0.5) is 0 Å². The van der Waals surface area contributed by atoms with Crippen molar-refractivity contribution in [3.63, 3.8) is 0 Å². The van der Waals surface area contributed by atoms with Crippen LogP contribution in [0.15, 0.2) is 42.5 Å². The Balaban J connectivity index is 1.77. The molecule has 2 aromatic rings. The highest BCUT2D eigenvalue weighted by Crippen LogP contribution is 2.35. The topological polar surface area (TPSA) is 55.8 Å². The van der Waals surface area contributed by atoms with Crippen LogP contribution in [0, 0.1) is 6.92 Å². The zero-order chi connectivity index (χ0) is 16.7. The molecule has 0 aromatic heterocycles. The van der Waals surface area contributed by atoms with Crippen molar-refractivity contribution in [3.05, 3.63) is 53.6 Å². The quantitative estimate of drug-likeness (QED) is 0.587. The maximum atomic E-state index is 12.1. The van der Waals surface area contributed by atoms with Crippen molar-refractivity contribution < 1.29 is 19.4 Å². The summed E-state index contributed by atoms with van der Waals surface area (Å²) >= 11 is 0. The molecule has 0 atom stereocenters. The lowest BCUT2D eigenvalue weighted by molar-refractivity contribution is 0.0977. The Kier molecular flexibility index (Phi) is 6.03. The molecule has 122 valence electrons. The van der Waals surface area contributed by atoms with Crippen molar-refractivity contribution in [1.82, 2.24) is 0 Å². The fraction of sp³-hybridized carbons (Fsp3) is 0.316. The fourth-order valence-electron chi connectivity index (χ4n) is 2.41. The number of methoxy groups -OCH3 is 1. The minimum Gasteiger partial charge on any atom is -0.504 e. The molecule has 0 amide bonds. The van der Waals surface area contributed by atoms with E-state index in [-0.39, 0.29) is 11.5 Å². The first kappa shape index (κ1) is 16.9. The Bertz CT molecular complexity index is 664. The lowest BCUT2D eigenvalue weighted by atomic mass is 10.0. The second-order valence-corrected chi connectivity index (χ2v) is 5.35. The highest BCUT2D eigenvalue weighted by atomic mass is 16.5. The normalized spacial score (nSPS) is 10.3. The molecule has 0 saturated heterocycles. The number of benzene rings is 2. The molecule has 0 aliphatic heterocycles. The fourth-order valence-corrected chi connectivity index (χ4v) is 2.41. The Morgan fingerprint density at radius 3 is 2.61 bits per heavy atom. The summed E-state index contributed by atoms with van der Waals surface area (Å²) in [5.41, 5.74) is 1.81.